The van der Waals surface area contributed by atoms with Crippen molar-refractivity contribution in [3.8, 4) is 17.0 Å². The summed E-state index contributed by atoms with van der Waals surface area (Å²) >= 11 is 0. The number of benzene rings is 1. The molecule has 39 heavy (non-hydrogen) atoms. The quantitative estimate of drug-likeness (QED) is 0.425. The predicted molar refractivity (Wildman–Crippen MR) is 139 cm³/mol. The van der Waals surface area contributed by atoms with Crippen LogP contribution in [0.15, 0.2) is 35.5 Å². The number of pyridine rings is 1. The summed E-state index contributed by atoms with van der Waals surface area (Å²) in [7, 11) is -1.30. The van der Waals surface area contributed by atoms with Crippen molar-refractivity contribution in [1.29, 1.82) is 0 Å². The molecule has 12 heteroatoms. The molecular weight excluding hydrogens is 527 g/mol. The van der Waals surface area contributed by atoms with Gasteiger partial charge in [0.05, 0.1) is 32.4 Å². The molecule has 1 saturated heterocycles. The average molecular weight is 559 g/mol. The van der Waals surface area contributed by atoms with Gasteiger partial charge in [-0.05, 0) is 73.1 Å². The second-order valence-electron chi connectivity index (χ2n) is 10.1. The molecule has 1 amide bonds. The number of carbonyl (C=O) groups excluding carboxylic acids is 1. The first-order valence-electron chi connectivity index (χ1n) is 12.7. The highest BCUT2D eigenvalue weighted by atomic mass is 32.2. The monoisotopic (exact) mass is 558 g/mol. The zero-order valence-corrected chi connectivity index (χ0v) is 23.1. The Hall–Kier alpha value is -3.35. The summed E-state index contributed by atoms with van der Waals surface area (Å²) in [5, 5.41) is 4.01. The van der Waals surface area contributed by atoms with Gasteiger partial charge in [-0.1, -0.05) is 0 Å². The zero-order chi connectivity index (χ0) is 27.9. The normalized spacial score (nSPS) is 16.2. The Balaban J connectivity index is 1.47. The van der Waals surface area contributed by atoms with Crippen LogP contribution in [0.5, 0.6) is 5.88 Å². The Morgan fingerprint density at radius 2 is 1.95 bits per heavy atom. The third kappa shape index (κ3) is 4.92. The van der Waals surface area contributed by atoms with Crippen LogP contribution in [0.25, 0.3) is 11.1 Å². The molecule has 208 valence electrons. The molecule has 2 aromatic heterocycles. The van der Waals surface area contributed by atoms with Crippen molar-refractivity contribution in [2.45, 2.75) is 56.2 Å². The number of halogens is 1. The van der Waals surface area contributed by atoms with E-state index in [2.05, 4.69) is 14.8 Å². The summed E-state index contributed by atoms with van der Waals surface area (Å²) in [6, 6.07) is 6.02. The number of fused-ring (bicyclic) bond motifs is 1. The number of ether oxygens (including phenoxy) is 3. The Morgan fingerprint density at radius 3 is 2.59 bits per heavy atom. The molecule has 1 aliphatic heterocycles. The Morgan fingerprint density at radius 1 is 1.21 bits per heavy atom. The number of rotatable bonds is 9. The van der Waals surface area contributed by atoms with E-state index in [1.54, 1.807) is 16.8 Å². The summed E-state index contributed by atoms with van der Waals surface area (Å²) in [4.78, 5) is 17.3. The molecule has 0 atom stereocenters. The number of nitrogens with zero attached hydrogens (tertiary/aromatic N) is 3. The van der Waals surface area contributed by atoms with Crippen LogP contribution in [-0.2, 0) is 49.2 Å². The number of hydrogen-bond acceptors (Lipinski definition) is 8. The second-order valence-corrected chi connectivity index (χ2v) is 11.7. The minimum absolute atomic E-state index is 0.158. The van der Waals surface area contributed by atoms with Gasteiger partial charge in [0.15, 0.2) is 10.6 Å². The van der Waals surface area contributed by atoms with Crippen molar-refractivity contribution in [1.82, 2.24) is 19.5 Å². The number of hydrogen-bond donors (Lipinski definition) is 1. The van der Waals surface area contributed by atoms with Crippen molar-refractivity contribution in [2.24, 2.45) is 0 Å². The van der Waals surface area contributed by atoms with Gasteiger partial charge in [0, 0.05) is 31.5 Å². The number of aromatic nitrogens is 3. The van der Waals surface area contributed by atoms with Crippen molar-refractivity contribution >= 4 is 15.9 Å². The minimum Gasteiger partial charge on any atom is -0.481 e. The molecule has 0 radical (unpaired) electrons. The molecule has 0 saturated carbocycles. The van der Waals surface area contributed by atoms with E-state index >= 15 is 4.39 Å². The average Bonchev–Trinajstić information content (AvgIpc) is 3.54. The molecule has 1 N–H and O–H groups in total. The van der Waals surface area contributed by atoms with Crippen molar-refractivity contribution in [2.75, 3.05) is 27.4 Å². The van der Waals surface area contributed by atoms with Crippen molar-refractivity contribution in [3.63, 3.8) is 0 Å². The van der Waals surface area contributed by atoms with Crippen LogP contribution in [0.2, 0.25) is 0 Å². The fourth-order valence-electron chi connectivity index (χ4n) is 5.25. The first kappa shape index (κ1) is 27.2. The van der Waals surface area contributed by atoms with E-state index in [1.807, 2.05) is 13.8 Å². The molecule has 1 aromatic carbocycles. The first-order valence-corrected chi connectivity index (χ1v) is 14.2. The molecule has 1 fully saturated rings. The molecule has 3 aromatic rings. The van der Waals surface area contributed by atoms with E-state index in [0.29, 0.717) is 46.7 Å². The van der Waals surface area contributed by atoms with E-state index < -0.39 is 21.5 Å². The number of carbonyl (C=O) groups is 1. The van der Waals surface area contributed by atoms with Gasteiger partial charge in [-0.3, -0.25) is 9.48 Å². The predicted octanol–water partition coefficient (Wildman–Crippen LogP) is 3.08. The van der Waals surface area contributed by atoms with Crippen molar-refractivity contribution < 1.29 is 31.8 Å². The maximum absolute atomic E-state index is 15.0. The van der Waals surface area contributed by atoms with Crippen LogP contribution in [0.4, 0.5) is 4.39 Å². The number of amides is 1. The fourth-order valence-corrected chi connectivity index (χ4v) is 6.18. The minimum atomic E-state index is -4.31. The number of methoxy groups -OCH3 is 2. The summed E-state index contributed by atoms with van der Waals surface area (Å²) < 4.78 is 61.6. The fraction of sp³-hybridized carbons (Fsp3) is 0.444. The number of sulfonamides is 1. The van der Waals surface area contributed by atoms with Gasteiger partial charge in [-0.15, -0.1) is 0 Å². The smallest absolute Gasteiger partial charge is 0.283 e. The maximum atomic E-state index is 15.0. The zero-order valence-electron chi connectivity index (χ0n) is 22.3. The molecule has 3 heterocycles. The molecule has 0 bridgehead atoms. The van der Waals surface area contributed by atoms with E-state index in [-0.39, 0.29) is 36.5 Å². The van der Waals surface area contributed by atoms with Gasteiger partial charge in [0.2, 0.25) is 11.8 Å². The van der Waals surface area contributed by atoms with Gasteiger partial charge >= 0.3 is 0 Å². The topological polar surface area (TPSA) is 122 Å². The van der Waals surface area contributed by atoms with Crippen LogP contribution in [0.1, 0.15) is 48.7 Å². The molecule has 0 spiro atoms. The lowest BCUT2D eigenvalue weighted by molar-refractivity contribution is -0.206. The largest absolute Gasteiger partial charge is 0.481 e. The third-order valence-corrected chi connectivity index (χ3v) is 8.56. The van der Waals surface area contributed by atoms with Crippen molar-refractivity contribution in [3.05, 3.63) is 58.7 Å². The SMILES string of the molecule is COc1cc(-c2cc(F)c3c(c2CC(=O)NS(=O)(=O)c2cc(C4(OC)COC4)n(C(C)C)n2)CCC3)ccn1. The maximum Gasteiger partial charge on any atom is 0.283 e. The summed E-state index contributed by atoms with van der Waals surface area (Å²) in [5.41, 5.74) is 2.77. The van der Waals surface area contributed by atoms with E-state index in [9.17, 15) is 13.2 Å². The van der Waals surface area contributed by atoms with Gasteiger partial charge in [-0.25, -0.2) is 14.1 Å². The highest BCUT2D eigenvalue weighted by Crippen LogP contribution is 2.37. The van der Waals surface area contributed by atoms with Gasteiger partial charge < -0.3 is 14.2 Å². The highest BCUT2D eigenvalue weighted by molar-refractivity contribution is 7.90. The Bertz CT molecular complexity index is 1530. The van der Waals surface area contributed by atoms with Crippen LogP contribution in [-0.4, -0.2) is 56.5 Å². The lowest BCUT2D eigenvalue weighted by Gasteiger charge is -2.40. The summed E-state index contributed by atoms with van der Waals surface area (Å²) in [6.07, 6.45) is 3.20. The van der Waals surface area contributed by atoms with Gasteiger partial charge in [-0.2, -0.15) is 13.5 Å². The number of nitrogens with one attached hydrogen (secondary N) is 1. The molecule has 5 rings (SSSR count). The van der Waals surface area contributed by atoms with Crippen LogP contribution < -0.4 is 9.46 Å². The Labute approximate surface area is 226 Å². The highest BCUT2D eigenvalue weighted by Gasteiger charge is 2.45. The van der Waals surface area contributed by atoms with E-state index in [1.165, 1.54) is 32.5 Å². The summed E-state index contributed by atoms with van der Waals surface area (Å²) in [5.74, 6) is -0.746. The molecule has 2 aliphatic rings. The molecule has 1 aliphatic carbocycles. The molecular formula is C27H31FN4O6S. The lowest BCUT2D eigenvalue weighted by atomic mass is 9.91. The van der Waals surface area contributed by atoms with E-state index in [4.69, 9.17) is 14.2 Å². The Kier molecular flexibility index (Phi) is 7.21. The molecule has 10 nitrogen and oxygen atoms in total. The van der Waals surface area contributed by atoms with Crippen LogP contribution in [0.3, 0.4) is 0 Å². The first-order chi connectivity index (χ1) is 18.6. The third-order valence-electron chi connectivity index (χ3n) is 7.31. The standard InChI is InChI=1S/C27H31FN4O6S/c1-16(2)32-23(27(37-4)14-38-15-27)13-26(30-32)39(34,35)31-24(33)12-21-18-6-5-7-19(18)22(28)11-20(21)17-8-9-29-25(10-17)36-3/h8-11,13,16H,5-7,12,14-15H2,1-4H3,(H,31,33). The van der Waals surface area contributed by atoms with Gasteiger partial charge in [0.1, 0.15) is 5.82 Å². The lowest BCUT2D eigenvalue weighted by Crippen LogP contribution is -2.49. The van der Waals surface area contributed by atoms with Crippen LogP contribution in [0, 0.1) is 5.82 Å². The molecule has 0 unspecified atom stereocenters. The van der Waals surface area contributed by atoms with E-state index in [0.717, 1.165) is 12.0 Å². The summed E-state index contributed by atoms with van der Waals surface area (Å²) in [6.45, 7) is 4.29. The second kappa shape index (κ2) is 10.3. The van der Waals surface area contributed by atoms with Gasteiger partial charge in [0.25, 0.3) is 10.0 Å². The van der Waals surface area contributed by atoms with Crippen LogP contribution >= 0.6 is 0 Å².